The number of hydrogen-bond donors (Lipinski definition) is 26. The van der Waals surface area contributed by atoms with Gasteiger partial charge in [0, 0.05) is 27.7 Å². The molecule has 0 aromatic heterocycles. The van der Waals surface area contributed by atoms with E-state index in [0.717, 1.165) is 27.7 Å². The fraction of sp³-hybridized carbons (Fsp3) is 0.929. The van der Waals surface area contributed by atoms with Crippen molar-refractivity contribution in [1.82, 2.24) is 21.3 Å². The maximum Gasteiger partial charge on any atom is 0.217 e. The summed E-state index contributed by atoms with van der Waals surface area (Å²) in [5.41, 5.74) is 0. The van der Waals surface area contributed by atoms with E-state index in [1.54, 1.807) is 0 Å². The van der Waals surface area contributed by atoms with Crippen LogP contribution in [-0.4, -0.2) is 434 Å². The number of aliphatic hydroxyl groups excluding tert-OH is 22. The first kappa shape index (κ1) is 83.0. The maximum atomic E-state index is 13.0. The van der Waals surface area contributed by atoms with E-state index in [0.29, 0.717) is 0 Å². The third-order valence-corrected chi connectivity index (χ3v) is 18.3. The van der Waals surface area contributed by atoms with Crippen LogP contribution in [0.25, 0.3) is 0 Å². The van der Waals surface area contributed by atoms with Crippen LogP contribution >= 0.6 is 0 Å². The van der Waals surface area contributed by atoms with Gasteiger partial charge in [0.2, 0.25) is 23.6 Å². The molecule has 0 bridgehead atoms. The standard InChI is InChI=1S/C56H94N4O41/c1-13(69)57-25-32(76)42(20(8-64)87-49(25)86)95-50-26(58-14(2)70)34(78)45(23(11-67)91-50)99-55-41(85)47(31(75)19(7-63)90-55)100-56-48(101-52-28(60-16(4)72)35(79)44(22(10-66)93-52)98-54-39(83)37(81)30(74)18(6-62)89-54)40(84)46(24(12-68)94-56)96-51-27(59-15(3)71)33(77)43(21(9-65)92-51)97-53-38(82)36(80)29(73)17(5-61)88-53/h17-56,61-68,73-86H,5-12H2,1-4H3,(H,57,69)(H,58,70)(H,59,71)(H,60,72)/t17-,18-,19-,20-,21-,22-,23-,24-,25-,26-,27-,28-,29+,30+,31-,32-,33-,34-,35-,36+,37+,38-,39+,40+,41+,42-,43-,44-,45-,46-,47+,48+,49-,50+,51+,52+,53+,54+,55+,56-/m1/s1. The number of hydrogen-bond acceptors (Lipinski definition) is 41. The Morgan fingerprint density at radius 2 is 0.475 bits per heavy atom. The average molecular weight is 1480 g/mol. The largest absolute Gasteiger partial charge is 0.394 e. The lowest BCUT2D eigenvalue weighted by atomic mass is 9.93. The number of amides is 4. The highest BCUT2D eigenvalue weighted by molar-refractivity contribution is 5.74. The zero-order valence-corrected chi connectivity index (χ0v) is 54.3. The van der Waals surface area contributed by atoms with Crippen LogP contribution in [0.1, 0.15) is 27.7 Å². The van der Waals surface area contributed by atoms with Gasteiger partial charge in [-0.3, -0.25) is 19.2 Å². The van der Waals surface area contributed by atoms with Crippen LogP contribution in [0.4, 0.5) is 0 Å². The third-order valence-electron chi connectivity index (χ3n) is 18.3. The van der Waals surface area contributed by atoms with Gasteiger partial charge in [0.05, 0.1) is 52.9 Å². The second-order valence-electron chi connectivity index (χ2n) is 25.3. The second-order valence-corrected chi connectivity index (χ2v) is 25.3. The molecular formula is C56H94N4O41. The van der Waals surface area contributed by atoms with Gasteiger partial charge in [-0.05, 0) is 0 Å². The molecule has 40 atom stereocenters. The number of carbonyl (C=O) groups excluding carboxylic acids is 4. The molecule has 0 spiro atoms. The molecule has 0 aromatic carbocycles. The van der Waals surface area contributed by atoms with Crippen LogP contribution in [0.3, 0.4) is 0 Å². The van der Waals surface area contributed by atoms with Gasteiger partial charge in [0.15, 0.2) is 50.3 Å². The van der Waals surface area contributed by atoms with E-state index in [1.165, 1.54) is 0 Å². The summed E-state index contributed by atoms with van der Waals surface area (Å²) in [5, 5.41) is 252. The van der Waals surface area contributed by atoms with Gasteiger partial charge in [0.25, 0.3) is 0 Å². The normalized spacial score (nSPS) is 48.3. The topological polar surface area (TPSA) is 700 Å². The number of aliphatic hydroxyl groups is 22. The third kappa shape index (κ3) is 18.3. The van der Waals surface area contributed by atoms with Crippen molar-refractivity contribution in [2.45, 2.75) is 273 Å². The van der Waals surface area contributed by atoms with Crippen molar-refractivity contribution < 1.29 is 203 Å². The van der Waals surface area contributed by atoms with Gasteiger partial charge in [-0.2, -0.15) is 0 Å². The van der Waals surface area contributed by atoms with Crippen molar-refractivity contribution >= 4 is 23.6 Å². The molecule has 0 aromatic rings. The molecule has 0 saturated carbocycles. The summed E-state index contributed by atoms with van der Waals surface area (Å²) in [6, 6.07) is -7.30. The minimum atomic E-state index is -2.49. The zero-order chi connectivity index (χ0) is 74.5. The highest BCUT2D eigenvalue weighted by Crippen LogP contribution is 2.40. The van der Waals surface area contributed by atoms with Crippen LogP contribution in [0.15, 0.2) is 0 Å². The number of rotatable bonds is 26. The molecule has 8 fully saturated rings. The van der Waals surface area contributed by atoms with Gasteiger partial charge in [-0.1, -0.05) is 0 Å². The summed E-state index contributed by atoms with van der Waals surface area (Å²) >= 11 is 0. The van der Waals surface area contributed by atoms with Gasteiger partial charge in [-0.25, -0.2) is 0 Å². The highest BCUT2D eigenvalue weighted by atomic mass is 16.8. The van der Waals surface area contributed by atoms with Crippen molar-refractivity contribution in [3.8, 4) is 0 Å². The van der Waals surface area contributed by atoms with Crippen molar-refractivity contribution in [2.75, 3.05) is 52.9 Å². The summed E-state index contributed by atoms with van der Waals surface area (Å²) in [6.45, 7) is -4.74. The Hall–Kier alpha value is -3.60. The van der Waals surface area contributed by atoms with Gasteiger partial charge < -0.3 is 205 Å². The number of ether oxygens (including phenoxy) is 15. The Kier molecular flexibility index (Phi) is 29.9. The predicted molar refractivity (Wildman–Crippen MR) is 311 cm³/mol. The fourth-order valence-electron chi connectivity index (χ4n) is 13.1. The molecule has 8 heterocycles. The van der Waals surface area contributed by atoms with E-state index in [-0.39, 0.29) is 0 Å². The summed E-state index contributed by atoms with van der Waals surface area (Å²) in [5.74, 6) is -3.53. The van der Waals surface area contributed by atoms with E-state index in [4.69, 9.17) is 71.1 Å². The Morgan fingerprint density at radius 3 is 0.802 bits per heavy atom. The average Bonchev–Trinajstić information content (AvgIpc) is 0.768. The van der Waals surface area contributed by atoms with Gasteiger partial charge in [0.1, 0.15) is 195 Å². The molecule has 0 aliphatic carbocycles. The summed E-state index contributed by atoms with van der Waals surface area (Å²) < 4.78 is 88.6. The van der Waals surface area contributed by atoms with Crippen LogP contribution < -0.4 is 21.3 Å². The van der Waals surface area contributed by atoms with Crippen LogP contribution in [-0.2, 0) is 90.2 Å². The molecule has 26 N–H and O–H groups in total. The monoisotopic (exact) mass is 1480 g/mol. The van der Waals surface area contributed by atoms with Gasteiger partial charge in [-0.15, -0.1) is 0 Å². The Balaban J connectivity index is 1.12. The molecule has 4 amide bonds. The van der Waals surface area contributed by atoms with E-state index < -0.39 is 322 Å². The van der Waals surface area contributed by atoms with Gasteiger partial charge >= 0.3 is 0 Å². The molecule has 8 rings (SSSR count). The fourth-order valence-corrected chi connectivity index (χ4v) is 13.1. The van der Waals surface area contributed by atoms with Crippen molar-refractivity contribution in [2.24, 2.45) is 0 Å². The molecule has 8 saturated heterocycles. The summed E-state index contributed by atoms with van der Waals surface area (Å²) in [7, 11) is 0. The second kappa shape index (κ2) is 36.3. The highest BCUT2D eigenvalue weighted by Gasteiger charge is 2.61. The minimum absolute atomic E-state index is 0.751. The van der Waals surface area contributed by atoms with Crippen LogP contribution in [0.5, 0.6) is 0 Å². The Labute approximate surface area is 572 Å². The number of carbonyl (C=O) groups is 4. The lowest BCUT2D eigenvalue weighted by molar-refractivity contribution is -0.404. The molecule has 8 aliphatic heterocycles. The lowest BCUT2D eigenvalue weighted by Crippen LogP contribution is -2.71. The summed E-state index contributed by atoms with van der Waals surface area (Å²) in [4.78, 5) is 50.7. The van der Waals surface area contributed by atoms with Crippen LogP contribution in [0, 0.1) is 0 Å². The van der Waals surface area contributed by atoms with Crippen molar-refractivity contribution in [3.05, 3.63) is 0 Å². The van der Waals surface area contributed by atoms with E-state index >= 15 is 0 Å². The molecule has 584 valence electrons. The molecule has 0 radical (unpaired) electrons. The lowest BCUT2D eigenvalue weighted by Gasteiger charge is -2.52. The quantitative estimate of drug-likeness (QED) is 0.0382. The molecule has 8 aliphatic rings. The SMILES string of the molecule is CC(=O)N[C@@H]1[C@@H](O)[C@H](O[C@@H]2O[C@H](CO)[C@@H](O[C@@H]3O[C@H](CO)[C@@H](O)[C@H](O[C@H]4O[C@H](CO)[C@@H](O[C@@H]5O[C@H](CO)[C@@H](O[C@@H]6O[C@H](CO)[C@H](O)[C@H](O)[C@H]6O)[C@H](O)[C@H]5NC(C)=O)[C@H](O)[C@@H]4O[C@@H]4O[C@H](CO)[C@@H](O[C@@H]5O[C@H](CO)[C@H](O)[C@H](O)[C@@H]5O)[C@H](O)[C@H]4NC(C)=O)[C@@H]3O)[C@H](O)[C@H]2NC(C)=O)[C@@H](CO)O[C@H]1O. The van der Waals surface area contributed by atoms with Crippen molar-refractivity contribution in [3.63, 3.8) is 0 Å². The van der Waals surface area contributed by atoms with Crippen LogP contribution in [0.2, 0.25) is 0 Å². The molecule has 45 heteroatoms. The van der Waals surface area contributed by atoms with E-state index in [1.807, 2.05) is 0 Å². The molecule has 0 unspecified atom stereocenters. The Bertz CT molecular complexity index is 2640. The predicted octanol–water partition coefficient (Wildman–Crippen LogP) is -17.9. The van der Waals surface area contributed by atoms with E-state index in [9.17, 15) is 132 Å². The first-order valence-corrected chi connectivity index (χ1v) is 32.1. The zero-order valence-electron chi connectivity index (χ0n) is 54.3. The molecular weight excluding hydrogens is 1380 g/mol. The van der Waals surface area contributed by atoms with E-state index in [2.05, 4.69) is 21.3 Å². The summed E-state index contributed by atoms with van der Waals surface area (Å²) in [6.07, 6.45) is -73.1. The first-order valence-electron chi connectivity index (χ1n) is 32.1. The smallest absolute Gasteiger partial charge is 0.217 e. The molecule has 101 heavy (non-hydrogen) atoms. The molecule has 45 nitrogen and oxygen atoms in total. The Morgan fingerprint density at radius 1 is 0.238 bits per heavy atom. The number of nitrogens with one attached hydrogen (secondary N) is 4. The van der Waals surface area contributed by atoms with Crippen molar-refractivity contribution in [1.29, 1.82) is 0 Å². The maximum absolute atomic E-state index is 13.0. The first-order chi connectivity index (χ1) is 47.8. The minimum Gasteiger partial charge on any atom is -0.394 e.